The number of rotatable bonds is 1. The van der Waals surface area contributed by atoms with Gasteiger partial charge in [-0.15, -0.1) is 0 Å². The van der Waals surface area contributed by atoms with Gasteiger partial charge in [-0.3, -0.25) is 0 Å². The van der Waals surface area contributed by atoms with Gasteiger partial charge in [0.2, 0.25) is 0 Å². The van der Waals surface area contributed by atoms with Crippen molar-refractivity contribution in [2.75, 3.05) is 0 Å². The van der Waals surface area contributed by atoms with E-state index in [-0.39, 0.29) is 0 Å². The quantitative estimate of drug-likeness (QED) is 0.682. The van der Waals surface area contributed by atoms with Gasteiger partial charge in [-0.05, 0) is 37.8 Å². The lowest BCUT2D eigenvalue weighted by molar-refractivity contribution is 0.607. The van der Waals surface area contributed by atoms with Gasteiger partial charge >= 0.3 is 0 Å². The monoisotopic (exact) mass is 211 g/mol. The highest BCUT2D eigenvalue weighted by Crippen LogP contribution is 2.40. The van der Waals surface area contributed by atoms with Crippen LogP contribution in [0.4, 0.5) is 0 Å². The summed E-state index contributed by atoms with van der Waals surface area (Å²) in [6.45, 7) is 6.30. The molecule has 0 saturated carbocycles. The Morgan fingerprint density at radius 1 is 1.38 bits per heavy atom. The lowest BCUT2D eigenvalue weighted by atomic mass is 9.81. The van der Waals surface area contributed by atoms with E-state index < -0.39 is 0 Å². The minimum atomic E-state index is 0.555. The molecule has 0 aliphatic heterocycles. The topological polar surface area (TPSA) is 15.8 Å². The molecule has 1 unspecified atom stereocenters. The Labute approximate surface area is 96.2 Å². The average molecular weight is 211 g/mol. The Morgan fingerprint density at radius 2 is 2.19 bits per heavy atom. The van der Waals surface area contributed by atoms with Crippen LogP contribution in [0.25, 0.3) is 10.9 Å². The summed E-state index contributed by atoms with van der Waals surface area (Å²) in [7, 11) is 0. The second-order valence-electron chi connectivity index (χ2n) is 4.85. The Balaban J connectivity index is 2.28. The van der Waals surface area contributed by atoms with Crippen molar-refractivity contribution in [2.24, 2.45) is 0 Å². The van der Waals surface area contributed by atoms with Crippen LogP contribution in [0.15, 0.2) is 36.4 Å². The summed E-state index contributed by atoms with van der Waals surface area (Å²) in [6.07, 6.45) is 3.72. The highest BCUT2D eigenvalue weighted by molar-refractivity contribution is 5.85. The number of para-hydroxylation sites is 1. The average Bonchev–Trinajstić information content (AvgIpc) is 2.66. The molecule has 0 saturated heterocycles. The van der Waals surface area contributed by atoms with E-state index in [1.165, 1.54) is 47.0 Å². The van der Waals surface area contributed by atoms with Crippen LogP contribution in [0.1, 0.15) is 36.9 Å². The van der Waals surface area contributed by atoms with Gasteiger partial charge in [0.25, 0.3) is 0 Å². The molecule has 0 amide bonds. The van der Waals surface area contributed by atoms with E-state index in [9.17, 15) is 0 Å². The summed E-state index contributed by atoms with van der Waals surface area (Å²) >= 11 is 0. The maximum atomic E-state index is 4.15. The third-order valence-corrected chi connectivity index (χ3v) is 3.69. The minimum Gasteiger partial charge on any atom is -0.358 e. The predicted molar refractivity (Wildman–Crippen MR) is 68.8 cm³/mol. The molecule has 3 rings (SSSR count). The van der Waals surface area contributed by atoms with E-state index in [1.54, 1.807) is 0 Å². The van der Waals surface area contributed by atoms with Gasteiger partial charge in [-0.25, -0.2) is 0 Å². The van der Waals surface area contributed by atoms with E-state index in [0.717, 1.165) is 0 Å². The lowest BCUT2D eigenvalue weighted by Gasteiger charge is -2.23. The summed E-state index contributed by atoms with van der Waals surface area (Å²) in [6, 6.07) is 8.62. The molecule has 1 aliphatic rings. The molecule has 2 aromatic rings. The highest BCUT2D eigenvalue weighted by Gasteiger charge is 2.24. The summed E-state index contributed by atoms with van der Waals surface area (Å²) in [5, 5.41) is 1.39. The fourth-order valence-electron chi connectivity index (χ4n) is 2.93. The molecule has 0 fully saturated rings. The molecule has 0 spiro atoms. The van der Waals surface area contributed by atoms with Crippen molar-refractivity contribution in [2.45, 2.75) is 32.1 Å². The van der Waals surface area contributed by atoms with E-state index >= 15 is 0 Å². The number of fused-ring (bicyclic) bond motifs is 3. The number of benzene rings is 1. The normalized spacial score (nSPS) is 19.7. The Kier molecular flexibility index (Phi) is 2.13. The van der Waals surface area contributed by atoms with E-state index in [1.807, 2.05) is 0 Å². The van der Waals surface area contributed by atoms with Crippen LogP contribution in [0, 0.1) is 0 Å². The zero-order chi connectivity index (χ0) is 11.1. The van der Waals surface area contributed by atoms with Crippen LogP contribution in [-0.2, 0) is 6.42 Å². The first kappa shape index (κ1) is 9.71. The Hall–Kier alpha value is -1.50. The summed E-state index contributed by atoms with van der Waals surface area (Å²) in [4.78, 5) is 3.56. The molecule has 1 aromatic heterocycles. The fraction of sp³-hybridized carbons (Fsp3) is 0.333. The van der Waals surface area contributed by atoms with Gasteiger partial charge in [-0.2, -0.15) is 0 Å². The molecule has 1 aromatic carbocycles. The first-order valence-corrected chi connectivity index (χ1v) is 6.02. The minimum absolute atomic E-state index is 0.555. The smallest absolute Gasteiger partial charge is 0.0459 e. The van der Waals surface area contributed by atoms with Crippen molar-refractivity contribution in [1.82, 2.24) is 4.98 Å². The molecular weight excluding hydrogens is 194 g/mol. The number of hydrogen-bond acceptors (Lipinski definition) is 0. The number of H-pyrrole nitrogens is 1. The molecule has 1 heteroatoms. The number of allylic oxidation sites excluding steroid dienone is 1. The van der Waals surface area contributed by atoms with Crippen molar-refractivity contribution < 1.29 is 0 Å². The van der Waals surface area contributed by atoms with Gasteiger partial charge in [0.05, 0.1) is 0 Å². The highest BCUT2D eigenvalue weighted by atomic mass is 14.7. The number of aryl methyl sites for hydroxylation is 1. The standard InChI is InChI=1S/C15H17N/c1-10(2)11-7-5-9-14-15(11)12-6-3-4-8-13(12)16-14/h3-4,6,8,11,16H,1,5,7,9H2,2H3. The SMILES string of the molecule is C=C(C)C1CCCc2[nH]c3ccccc3c21. The molecule has 0 bridgehead atoms. The summed E-state index contributed by atoms with van der Waals surface area (Å²) in [5.41, 5.74) is 5.51. The molecule has 16 heavy (non-hydrogen) atoms. The number of aromatic amines is 1. The largest absolute Gasteiger partial charge is 0.358 e. The first-order chi connectivity index (χ1) is 7.77. The van der Waals surface area contributed by atoms with Crippen molar-refractivity contribution in [3.05, 3.63) is 47.7 Å². The van der Waals surface area contributed by atoms with E-state index in [0.29, 0.717) is 5.92 Å². The van der Waals surface area contributed by atoms with Crippen molar-refractivity contribution in [3.63, 3.8) is 0 Å². The molecule has 82 valence electrons. The lowest BCUT2D eigenvalue weighted by Crippen LogP contribution is -2.09. The Bertz CT molecular complexity index is 548. The third kappa shape index (κ3) is 1.31. The summed E-state index contributed by atoms with van der Waals surface area (Å²) < 4.78 is 0. The third-order valence-electron chi connectivity index (χ3n) is 3.69. The summed E-state index contributed by atoms with van der Waals surface area (Å²) in [5.74, 6) is 0.555. The molecule has 1 nitrogen and oxygen atoms in total. The van der Waals surface area contributed by atoms with Gasteiger partial charge in [0, 0.05) is 22.5 Å². The van der Waals surface area contributed by atoms with Crippen LogP contribution in [0.5, 0.6) is 0 Å². The Morgan fingerprint density at radius 3 is 3.00 bits per heavy atom. The predicted octanol–water partition coefficient (Wildman–Crippen LogP) is 4.16. The van der Waals surface area contributed by atoms with Gasteiger partial charge in [-0.1, -0.05) is 30.4 Å². The van der Waals surface area contributed by atoms with E-state index in [2.05, 4.69) is 42.8 Å². The second-order valence-corrected chi connectivity index (χ2v) is 4.85. The molecule has 1 atom stereocenters. The van der Waals surface area contributed by atoms with Gasteiger partial charge in [0.15, 0.2) is 0 Å². The van der Waals surface area contributed by atoms with Crippen LogP contribution in [0.3, 0.4) is 0 Å². The van der Waals surface area contributed by atoms with Crippen LogP contribution < -0.4 is 0 Å². The molecule has 0 radical (unpaired) electrons. The molecule has 1 aliphatic carbocycles. The second kappa shape index (κ2) is 3.51. The maximum absolute atomic E-state index is 4.15. The first-order valence-electron chi connectivity index (χ1n) is 6.02. The van der Waals surface area contributed by atoms with Crippen LogP contribution in [-0.4, -0.2) is 4.98 Å². The number of aromatic nitrogens is 1. The van der Waals surface area contributed by atoms with Gasteiger partial charge < -0.3 is 4.98 Å². The number of nitrogens with one attached hydrogen (secondary N) is 1. The van der Waals surface area contributed by atoms with Gasteiger partial charge in [0.1, 0.15) is 0 Å². The zero-order valence-electron chi connectivity index (χ0n) is 9.72. The van der Waals surface area contributed by atoms with Crippen molar-refractivity contribution in [3.8, 4) is 0 Å². The van der Waals surface area contributed by atoms with Crippen molar-refractivity contribution >= 4 is 10.9 Å². The zero-order valence-corrected chi connectivity index (χ0v) is 9.72. The van der Waals surface area contributed by atoms with E-state index in [4.69, 9.17) is 0 Å². The van der Waals surface area contributed by atoms with Crippen LogP contribution >= 0.6 is 0 Å². The molecule has 1 N–H and O–H groups in total. The molecular formula is C15H17N. The maximum Gasteiger partial charge on any atom is 0.0459 e. The molecule has 1 heterocycles. The van der Waals surface area contributed by atoms with Crippen LogP contribution in [0.2, 0.25) is 0 Å². The fourth-order valence-corrected chi connectivity index (χ4v) is 2.93. The van der Waals surface area contributed by atoms with Crippen molar-refractivity contribution in [1.29, 1.82) is 0 Å². The number of hydrogen-bond donors (Lipinski definition) is 1.